The van der Waals surface area contributed by atoms with Gasteiger partial charge in [0.05, 0.1) is 5.69 Å². The SMILES string of the molecule is CCn1cc(N)c(C(=O)N2CCN(C)C(C)C2)n1. The van der Waals surface area contributed by atoms with Gasteiger partial charge in [0, 0.05) is 38.4 Å². The van der Waals surface area contributed by atoms with E-state index in [0.717, 1.165) is 26.2 Å². The molecule has 1 fully saturated rings. The number of nitrogens with two attached hydrogens (primary N) is 1. The van der Waals surface area contributed by atoms with E-state index < -0.39 is 0 Å². The van der Waals surface area contributed by atoms with Gasteiger partial charge in [0.15, 0.2) is 5.69 Å². The van der Waals surface area contributed by atoms with Crippen LogP contribution in [-0.2, 0) is 6.54 Å². The number of hydrogen-bond donors (Lipinski definition) is 1. The molecule has 0 radical (unpaired) electrons. The Hall–Kier alpha value is -1.56. The van der Waals surface area contributed by atoms with E-state index in [1.165, 1.54) is 0 Å². The van der Waals surface area contributed by atoms with Crippen molar-refractivity contribution in [3.63, 3.8) is 0 Å². The highest BCUT2D eigenvalue weighted by Crippen LogP contribution is 2.15. The zero-order chi connectivity index (χ0) is 13.3. The van der Waals surface area contributed by atoms with Gasteiger partial charge >= 0.3 is 0 Å². The summed E-state index contributed by atoms with van der Waals surface area (Å²) in [5.41, 5.74) is 6.69. The van der Waals surface area contributed by atoms with Gasteiger partial charge in [0.1, 0.15) is 0 Å². The summed E-state index contributed by atoms with van der Waals surface area (Å²) in [5.74, 6) is -0.0559. The number of nitrogen functional groups attached to an aromatic ring is 1. The van der Waals surface area contributed by atoms with Gasteiger partial charge in [-0.15, -0.1) is 0 Å². The Morgan fingerprint density at radius 1 is 1.56 bits per heavy atom. The second-order valence-corrected chi connectivity index (χ2v) is 4.87. The molecule has 18 heavy (non-hydrogen) atoms. The third-order valence-electron chi connectivity index (χ3n) is 3.56. The molecular formula is C12H21N5O. The number of carbonyl (C=O) groups is 1. The Balaban J connectivity index is 2.13. The number of nitrogens with zero attached hydrogens (tertiary/aromatic N) is 4. The number of aryl methyl sites for hydroxylation is 1. The summed E-state index contributed by atoms with van der Waals surface area (Å²) < 4.78 is 1.70. The van der Waals surface area contributed by atoms with E-state index in [1.807, 2.05) is 11.8 Å². The van der Waals surface area contributed by atoms with Crippen LogP contribution in [-0.4, -0.2) is 58.2 Å². The molecule has 0 aromatic carbocycles. The van der Waals surface area contributed by atoms with Gasteiger partial charge in [-0.3, -0.25) is 9.48 Å². The number of aromatic nitrogens is 2. The van der Waals surface area contributed by atoms with Crippen LogP contribution in [0.3, 0.4) is 0 Å². The maximum atomic E-state index is 12.4. The molecule has 0 bridgehead atoms. The van der Waals surface area contributed by atoms with Crippen LogP contribution in [0.4, 0.5) is 5.69 Å². The lowest BCUT2D eigenvalue weighted by molar-refractivity contribution is 0.0567. The second kappa shape index (κ2) is 4.97. The molecule has 6 nitrogen and oxygen atoms in total. The Labute approximate surface area is 107 Å². The lowest BCUT2D eigenvalue weighted by atomic mass is 10.2. The predicted molar refractivity (Wildman–Crippen MR) is 70.3 cm³/mol. The number of piperazine rings is 1. The third kappa shape index (κ3) is 2.33. The molecule has 1 aromatic heterocycles. The normalized spacial score (nSPS) is 21.3. The van der Waals surface area contributed by atoms with Crippen molar-refractivity contribution in [2.24, 2.45) is 0 Å². The van der Waals surface area contributed by atoms with Crippen molar-refractivity contribution < 1.29 is 4.79 Å². The Morgan fingerprint density at radius 2 is 2.28 bits per heavy atom. The Bertz CT molecular complexity index is 442. The molecule has 1 aromatic rings. The fraction of sp³-hybridized carbons (Fsp3) is 0.667. The second-order valence-electron chi connectivity index (χ2n) is 4.87. The summed E-state index contributed by atoms with van der Waals surface area (Å²) in [6, 6.07) is 0.372. The third-order valence-corrected chi connectivity index (χ3v) is 3.56. The van der Waals surface area contributed by atoms with Crippen molar-refractivity contribution in [1.29, 1.82) is 0 Å². The van der Waals surface area contributed by atoms with Gasteiger partial charge in [-0.25, -0.2) is 0 Å². The van der Waals surface area contributed by atoms with E-state index in [9.17, 15) is 4.79 Å². The van der Waals surface area contributed by atoms with Crippen molar-refractivity contribution >= 4 is 11.6 Å². The minimum Gasteiger partial charge on any atom is -0.396 e. The maximum Gasteiger partial charge on any atom is 0.276 e. The first-order valence-corrected chi connectivity index (χ1v) is 6.35. The topological polar surface area (TPSA) is 67.4 Å². The number of hydrogen-bond acceptors (Lipinski definition) is 4. The molecule has 1 atom stereocenters. The largest absolute Gasteiger partial charge is 0.396 e. The molecule has 1 aliphatic heterocycles. The van der Waals surface area contributed by atoms with Crippen LogP contribution < -0.4 is 5.73 Å². The van der Waals surface area contributed by atoms with Gasteiger partial charge in [-0.05, 0) is 20.9 Å². The first kappa shape index (κ1) is 12.9. The summed E-state index contributed by atoms with van der Waals surface area (Å²) in [6.45, 7) is 7.16. The fourth-order valence-corrected chi connectivity index (χ4v) is 2.15. The minimum absolute atomic E-state index is 0.0559. The van der Waals surface area contributed by atoms with Gasteiger partial charge in [0.25, 0.3) is 5.91 Å². The van der Waals surface area contributed by atoms with E-state index in [4.69, 9.17) is 5.73 Å². The molecule has 1 amide bonds. The summed E-state index contributed by atoms with van der Waals surface area (Å²) in [4.78, 5) is 16.4. The maximum absolute atomic E-state index is 12.4. The van der Waals surface area contributed by atoms with E-state index in [0.29, 0.717) is 17.4 Å². The van der Waals surface area contributed by atoms with Crippen LogP contribution in [0.2, 0.25) is 0 Å². The molecule has 2 N–H and O–H groups in total. The smallest absolute Gasteiger partial charge is 0.276 e. The zero-order valence-corrected chi connectivity index (χ0v) is 11.3. The molecule has 1 saturated heterocycles. The molecule has 2 rings (SSSR count). The van der Waals surface area contributed by atoms with Crippen molar-refractivity contribution in [2.45, 2.75) is 26.4 Å². The monoisotopic (exact) mass is 251 g/mol. The number of carbonyl (C=O) groups excluding carboxylic acids is 1. The molecule has 0 saturated carbocycles. The standard InChI is InChI=1S/C12H21N5O/c1-4-17-8-10(13)11(14-17)12(18)16-6-5-15(3)9(2)7-16/h8-9H,4-7,13H2,1-3H3. The predicted octanol–water partition coefficient (Wildman–Crippen LogP) is 0.261. The average molecular weight is 251 g/mol. The quantitative estimate of drug-likeness (QED) is 0.819. The van der Waals surface area contributed by atoms with Gasteiger partial charge in [0.2, 0.25) is 0 Å². The van der Waals surface area contributed by atoms with Crippen LogP contribution in [0.5, 0.6) is 0 Å². The highest BCUT2D eigenvalue weighted by molar-refractivity contribution is 5.97. The molecule has 0 spiro atoms. The summed E-state index contributed by atoms with van der Waals surface area (Å²) >= 11 is 0. The molecule has 2 heterocycles. The number of anilines is 1. The minimum atomic E-state index is -0.0559. The van der Waals surface area contributed by atoms with Crippen LogP contribution in [0, 0.1) is 0 Å². The van der Waals surface area contributed by atoms with E-state index >= 15 is 0 Å². The van der Waals surface area contributed by atoms with Gasteiger partial charge in [-0.1, -0.05) is 0 Å². The van der Waals surface area contributed by atoms with Crippen molar-refractivity contribution in [2.75, 3.05) is 32.4 Å². The van der Waals surface area contributed by atoms with Crippen molar-refractivity contribution in [1.82, 2.24) is 19.6 Å². The number of rotatable bonds is 2. The molecule has 1 aliphatic rings. The molecule has 100 valence electrons. The van der Waals surface area contributed by atoms with Crippen LogP contribution in [0.1, 0.15) is 24.3 Å². The fourth-order valence-electron chi connectivity index (χ4n) is 2.15. The Morgan fingerprint density at radius 3 is 2.83 bits per heavy atom. The van der Waals surface area contributed by atoms with E-state index in [1.54, 1.807) is 10.9 Å². The van der Waals surface area contributed by atoms with Gasteiger partial charge < -0.3 is 15.5 Å². The van der Waals surface area contributed by atoms with E-state index in [-0.39, 0.29) is 5.91 Å². The first-order chi connectivity index (χ1) is 8.52. The van der Waals surface area contributed by atoms with Crippen LogP contribution >= 0.6 is 0 Å². The summed E-state index contributed by atoms with van der Waals surface area (Å²) in [7, 11) is 2.08. The lowest BCUT2D eigenvalue weighted by Gasteiger charge is -2.37. The van der Waals surface area contributed by atoms with E-state index in [2.05, 4.69) is 24.0 Å². The molecule has 6 heteroatoms. The van der Waals surface area contributed by atoms with Crippen molar-refractivity contribution in [3.8, 4) is 0 Å². The molecule has 0 aliphatic carbocycles. The Kier molecular flexibility index (Phi) is 3.56. The number of amides is 1. The lowest BCUT2D eigenvalue weighted by Crippen LogP contribution is -2.52. The highest BCUT2D eigenvalue weighted by atomic mass is 16.2. The summed E-state index contributed by atoms with van der Waals surface area (Å²) in [5, 5.41) is 4.23. The zero-order valence-electron chi connectivity index (χ0n) is 11.3. The molecular weight excluding hydrogens is 230 g/mol. The van der Waals surface area contributed by atoms with Crippen LogP contribution in [0.15, 0.2) is 6.20 Å². The van der Waals surface area contributed by atoms with Crippen molar-refractivity contribution in [3.05, 3.63) is 11.9 Å². The molecule has 1 unspecified atom stereocenters. The average Bonchev–Trinajstić information content (AvgIpc) is 2.73. The van der Waals surface area contributed by atoms with Crippen LogP contribution in [0.25, 0.3) is 0 Å². The van der Waals surface area contributed by atoms with Gasteiger partial charge in [-0.2, -0.15) is 5.10 Å². The number of likely N-dealkylation sites (N-methyl/N-ethyl adjacent to an activating group) is 1. The summed E-state index contributed by atoms with van der Waals surface area (Å²) in [6.07, 6.45) is 1.72. The first-order valence-electron chi connectivity index (χ1n) is 6.35. The highest BCUT2D eigenvalue weighted by Gasteiger charge is 2.27.